The Kier molecular flexibility index (Phi) is 5.03. The minimum Gasteiger partial charge on any atom is -0.340 e. The van der Waals surface area contributed by atoms with Gasteiger partial charge in [-0.1, -0.05) is 70.5 Å². The number of carbonyl (C=O) groups excluding carboxylic acids is 1. The minimum absolute atomic E-state index is 0.111. The number of amides is 1. The summed E-state index contributed by atoms with van der Waals surface area (Å²) in [5, 5.41) is 6.48. The van der Waals surface area contributed by atoms with Gasteiger partial charge in [0.1, 0.15) is 0 Å². The SMILES string of the molecule is O=C(CCn1c2ccccc2c2ccccc21)N/N=C\c1ccccc1Br. The number of rotatable bonds is 5. The predicted octanol–water partition coefficient (Wildman–Crippen LogP) is 5.10. The van der Waals surface area contributed by atoms with Crippen LogP contribution in [0.4, 0.5) is 0 Å². The highest BCUT2D eigenvalue weighted by molar-refractivity contribution is 9.10. The van der Waals surface area contributed by atoms with Crippen LogP contribution in [0.5, 0.6) is 0 Å². The van der Waals surface area contributed by atoms with Crippen LogP contribution < -0.4 is 5.43 Å². The van der Waals surface area contributed by atoms with Crippen LogP contribution in [0.3, 0.4) is 0 Å². The van der Waals surface area contributed by atoms with E-state index in [0.29, 0.717) is 13.0 Å². The van der Waals surface area contributed by atoms with Crippen molar-refractivity contribution < 1.29 is 4.79 Å². The number of benzene rings is 3. The molecule has 1 heterocycles. The largest absolute Gasteiger partial charge is 0.340 e. The minimum atomic E-state index is -0.111. The summed E-state index contributed by atoms with van der Waals surface area (Å²) >= 11 is 3.46. The molecule has 134 valence electrons. The maximum absolute atomic E-state index is 12.2. The van der Waals surface area contributed by atoms with Crippen LogP contribution in [0.15, 0.2) is 82.4 Å². The molecule has 5 heteroatoms. The second kappa shape index (κ2) is 7.76. The Hall–Kier alpha value is -2.92. The van der Waals surface area contributed by atoms with Crippen LogP contribution in [0.1, 0.15) is 12.0 Å². The van der Waals surface area contributed by atoms with E-state index < -0.39 is 0 Å². The highest BCUT2D eigenvalue weighted by atomic mass is 79.9. The van der Waals surface area contributed by atoms with E-state index in [1.54, 1.807) is 6.21 Å². The van der Waals surface area contributed by atoms with E-state index >= 15 is 0 Å². The number of fused-ring (bicyclic) bond motifs is 3. The molecule has 0 bridgehead atoms. The number of halogens is 1. The van der Waals surface area contributed by atoms with Gasteiger partial charge >= 0.3 is 0 Å². The zero-order chi connectivity index (χ0) is 18.6. The number of aryl methyl sites for hydroxylation is 1. The maximum atomic E-state index is 12.2. The lowest BCUT2D eigenvalue weighted by molar-refractivity contribution is -0.121. The van der Waals surface area contributed by atoms with Gasteiger partial charge in [0.25, 0.3) is 0 Å². The summed E-state index contributed by atoms with van der Waals surface area (Å²) < 4.78 is 3.13. The van der Waals surface area contributed by atoms with Crippen LogP contribution in [-0.2, 0) is 11.3 Å². The highest BCUT2D eigenvalue weighted by Gasteiger charge is 2.10. The fourth-order valence-electron chi connectivity index (χ4n) is 3.27. The molecule has 4 nitrogen and oxygen atoms in total. The zero-order valence-electron chi connectivity index (χ0n) is 14.6. The number of hydrogen-bond donors (Lipinski definition) is 1. The lowest BCUT2D eigenvalue weighted by atomic mass is 10.2. The first-order chi connectivity index (χ1) is 13.2. The molecule has 1 N–H and O–H groups in total. The van der Waals surface area contributed by atoms with Crippen molar-refractivity contribution in [2.45, 2.75) is 13.0 Å². The third kappa shape index (κ3) is 3.64. The second-order valence-corrected chi connectivity index (χ2v) is 7.10. The van der Waals surface area contributed by atoms with Crippen molar-refractivity contribution in [2.24, 2.45) is 5.10 Å². The first kappa shape index (κ1) is 17.5. The van der Waals surface area contributed by atoms with Gasteiger partial charge in [-0.15, -0.1) is 0 Å². The van der Waals surface area contributed by atoms with Crippen molar-refractivity contribution in [3.8, 4) is 0 Å². The number of hydrazone groups is 1. The van der Waals surface area contributed by atoms with Gasteiger partial charge in [-0.05, 0) is 18.2 Å². The van der Waals surface area contributed by atoms with Gasteiger partial charge in [0, 0.05) is 44.8 Å². The summed E-state index contributed by atoms with van der Waals surface area (Å²) in [6, 6.07) is 24.3. The van der Waals surface area contributed by atoms with Gasteiger partial charge in [-0.2, -0.15) is 5.10 Å². The zero-order valence-corrected chi connectivity index (χ0v) is 16.2. The monoisotopic (exact) mass is 419 g/mol. The lowest BCUT2D eigenvalue weighted by Crippen LogP contribution is -2.19. The van der Waals surface area contributed by atoms with Crippen LogP contribution >= 0.6 is 15.9 Å². The van der Waals surface area contributed by atoms with Crippen molar-refractivity contribution in [1.82, 2.24) is 9.99 Å². The highest BCUT2D eigenvalue weighted by Crippen LogP contribution is 2.28. The van der Waals surface area contributed by atoms with E-state index in [1.807, 2.05) is 48.5 Å². The summed E-state index contributed by atoms with van der Waals surface area (Å²) in [6.07, 6.45) is 2.00. The Bertz CT molecular complexity index is 1090. The smallest absolute Gasteiger partial charge is 0.241 e. The molecular formula is C22H18BrN3O. The Balaban J connectivity index is 1.48. The van der Waals surface area contributed by atoms with E-state index in [0.717, 1.165) is 21.1 Å². The first-order valence-corrected chi connectivity index (χ1v) is 9.56. The lowest BCUT2D eigenvalue weighted by Gasteiger charge is -2.06. The van der Waals surface area contributed by atoms with E-state index in [2.05, 4.69) is 55.3 Å². The van der Waals surface area contributed by atoms with E-state index in [1.165, 1.54) is 10.8 Å². The molecule has 3 aromatic carbocycles. The van der Waals surface area contributed by atoms with Gasteiger partial charge < -0.3 is 4.57 Å². The summed E-state index contributed by atoms with van der Waals surface area (Å²) in [7, 11) is 0. The second-order valence-electron chi connectivity index (χ2n) is 6.25. The Morgan fingerprint density at radius 2 is 1.52 bits per heavy atom. The van der Waals surface area contributed by atoms with Crippen LogP contribution in [-0.4, -0.2) is 16.7 Å². The third-order valence-electron chi connectivity index (χ3n) is 4.54. The molecule has 4 rings (SSSR count). The van der Waals surface area contributed by atoms with E-state index in [-0.39, 0.29) is 5.91 Å². The number of para-hydroxylation sites is 2. The molecule has 0 aliphatic carbocycles. The molecule has 0 saturated carbocycles. The quantitative estimate of drug-likeness (QED) is 0.355. The number of carbonyl (C=O) groups is 1. The maximum Gasteiger partial charge on any atom is 0.241 e. The molecule has 1 aromatic heterocycles. The number of aromatic nitrogens is 1. The standard InChI is InChI=1S/C22H18BrN3O/c23-19-10-4-1-7-16(19)15-24-25-22(27)13-14-26-20-11-5-2-8-17(20)18-9-3-6-12-21(18)26/h1-12,15H,13-14H2,(H,25,27)/b24-15-. The first-order valence-electron chi connectivity index (χ1n) is 8.76. The normalized spacial score (nSPS) is 11.4. The van der Waals surface area contributed by atoms with Crippen LogP contribution in [0.2, 0.25) is 0 Å². The van der Waals surface area contributed by atoms with Gasteiger partial charge in [0.05, 0.1) is 6.21 Å². The molecule has 1 amide bonds. The summed E-state index contributed by atoms with van der Waals surface area (Å²) in [6.45, 7) is 0.602. The van der Waals surface area contributed by atoms with Crippen molar-refractivity contribution in [3.63, 3.8) is 0 Å². The molecular weight excluding hydrogens is 402 g/mol. The Morgan fingerprint density at radius 3 is 2.19 bits per heavy atom. The van der Waals surface area contributed by atoms with Gasteiger partial charge in [0.2, 0.25) is 5.91 Å². The van der Waals surface area contributed by atoms with Crippen molar-refractivity contribution >= 4 is 49.9 Å². The molecule has 0 saturated heterocycles. The third-order valence-corrected chi connectivity index (χ3v) is 5.26. The fraction of sp³-hybridized carbons (Fsp3) is 0.0909. The average molecular weight is 420 g/mol. The number of hydrogen-bond acceptors (Lipinski definition) is 2. The number of nitrogens with one attached hydrogen (secondary N) is 1. The van der Waals surface area contributed by atoms with E-state index in [9.17, 15) is 4.79 Å². The Morgan fingerprint density at radius 1 is 0.926 bits per heavy atom. The molecule has 4 aromatic rings. The predicted molar refractivity (Wildman–Crippen MR) is 114 cm³/mol. The van der Waals surface area contributed by atoms with E-state index in [4.69, 9.17) is 0 Å². The summed E-state index contributed by atoms with van der Waals surface area (Å²) in [4.78, 5) is 12.2. The van der Waals surface area contributed by atoms with Gasteiger partial charge in [-0.25, -0.2) is 5.43 Å². The van der Waals surface area contributed by atoms with Crippen LogP contribution in [0, 0.1) is 0 Å². The molecule has 0 atom stereocenters. The van der Waals surface area contributed by atoms with Gasteiger partial charge in [0.15, 0.2) is 0 Å². The molecule has 0 aliphatic heterocycles. The molecule has 0 radical (unpaired) electrons. The molecule has 0 spiro atoms. The van der Waals surface area contributed by atoms with Crippen molar-refractivity contribution in [1.29, 1.82) is 0 Å². The number of nitrogens with zero attached hydrogens (tertiary/aromatic N) is 2. The topological polar surface area (TPSA) is 46.4 Å². The fourth-order valence-corrected chi connectivity index (χ4v) is 3.65. The summed E-state index contributed by atoms with van der Waals surface area (Å²) in [5.41, 5.74) is 5.81. The molecule has 0 fully saturated rings. The molecule has 0 aliphatic rings. The van der Waals surface area contributed by atoms with Crippen LogP contribution in [0.25, 0.3) is 21.8 Å². The average Bonchev–Trinajstić information content (AvgIpc) is 3.02. The molecule has 0 unspecified atom stereocenters. The van der Waals surface area contributed by atoms with Gasteiger partial charge in [-0.3, -0.25) is 4.79 Å². The van der Waals surface area contributed by atoms with Crippen molar-refractivity contribution in [2.75, 3.05) is 0 Å². The molecule has 27 heavy (non-hydrogen) atoms. The van der Waals surface area contributed by atoms with Crippen molar-refractivity contribution in [3.05, 3.63) is 82.8 Å². The Labute approximate surface area is 165 Å². The summed E-state index contributed by atoms with van der Waals surface area (Å²) in [5.74, 6) is -0.111.